The summed E-state index contributed by atoms with van der Waals surface area (Å²) in [5.41, 5.74) is -1.89. The molecule has 0 unspecified atom stereocenters. The number of carboxylic acid groups (broad SMARTS) is 1. The van der Waals surface area contributed by atoms with Crippen LogP contribution >= 0.6 is 0 Å². The number of nitrogens with zero attached hydrogens (tertiary/aromatic N) is 1. The van der Waals surface area contributed by atoms with Gasteiger partial charge in [0.2, 0.25) is 0 Å². The van der Waals surface area contributed by atoms with Gasteiger partial charge in [0.25, 0.3) is 0 Å². The van der Waals surface area contributed by atoms with E-state index in [4.69, 9.17) is 5.11 Å². The SMILES string of the molecule is O=Nc1ccc(F)c(C(=O)O)c1F. The molecular formula is C7H3F2NO3. The Balaban J connectivity index is 3.47. The summed E-state index contributed by atoms with van der Waals surface area (Å²) in [7, 11) is 0. The van der Waals surface area contributed by atoms with Gasteiger partial charge in [0.1, 0.15) is 17.1 Å². The van der Waals surface area contributed by atoms with Gasteiger partial charge < -0.3 is 5.11 Å². The van der Waals surface area contributed by atoms with Gasteiger partial charge in [-0.15, -0.1) is 4.91 Å². The largest absolute Gasteiger partial charge is 0.477 e. The highest BCUT2D eigenvalue weighted by atomic mass is 19.1. The fourth-order valence-electron chi connectivity index (χ4n) is 0.808. The maximum absolute atomic E-state index is 12.9. The summed E-state index contributed by atoms with van der Waals surface area (Å²) in [4.78, 5) is 20.2. The van der Waals surface area contributed by atoms with E-state index < -0.39 is 28.9 Å². The molecule has 0 heterocycles. The normalized spacial score (nSPS) is 9.69. The van der Waals surface area contributed by atoms with Crippen molar-refractivity contribution in [2.75, 3.05) is 0 Å². The molecule has 6 heteroatoms. The molecule has 0 aliphatic heterocycles. The third kappa shape index (κ3) is 1.51. The lowest BCUT2D eigenvalue weighted by atomic mass is 10.2. The highest BCUT2D eigenvalue weighted by Crippen LogP contribution is 2.23. The summed E-state index contributed by atoms with van der Waals surface area (Å²) in [5.74, 6) is -4.47. The quantitative estimate of drug-likeness (QED) is 0.720. The number of hydrogen-bond acceptors (Lipinski definition) is 3. The molecule has 0 aliphatic rings. The highest BCUT2D eigenvalue weighted by molar-refractivity contribution is 5.89. The van der Waals surface area contributed by atoms with E-state index >= 15 is 0 Å². The second kappa shape index (κ2) is 3.26. The van der Waals surface area contributed by atoms with E-state index in [2.05, 4.69) is 5.18 Å². The number of carboxylic acids is 1. The molecule has 0 saturated carbocycles. The lowest BCUT2D eigenvalue weighted by molar-refractivity contribution is 0.0686. The Morgan fingerprint density at radius 2 is 2.00 bits per heavy atom. The summed E-state index contributed by atoms with van der Waals surface area (Å²) in [6, 6.07) is 1.44. The molecule has 0 fully saturated rings. The Morgan fingerprint density at radius 1 is 1.38 bits per heavy atom. The Morgan fingerprint density at radius 3 is 2.46 bits per heavy atom. The minimum Gasteiger partial charge on any atom is -0.477 e. The van der Waals surface area contributed by atoms with Crippen LogP contribution < -0.4 is 0 Å². The molecule has 1 N–H and O–H groups in total. The van der Waals surface area contributed by atoms with Gasteiger partial charge in [0.05, 0.1) is 0 Å². The first-order chi connectivity index (χ1) is 6.07. The minimum atomic E-state index is -1.78. The van der Waals surface area contributed by atoms with Crippen LogP contribution in [-0.2, 0) is 0 Å². The average molecular weight is 187 g/mol. The third-order valence-corrected chi connectivity index (χ3v) is 1.38. The predicted molar refractivity (Wildman–Crippen MR) is 38.8 cm³/mol. The number of hydrogen-bond donors (Lipinski definition) is 1. The van der Waals surface area contributed by atoms with E-state index in [9.17, 15) is 18.5 Å². The molecule has 1 rings (SSSR count). The minimum absolute atomic E-state index is 0.670. The molecule has 0 atom stereocenters. The third-order valence-electron chi connectivity index (χ3n) is 1.38. The zero-order valence-corrected chi connectivity index (χ0v) is 6.12. The Labute approximate surface area is 70.8 Å². The molecule has 0 amide bonds. The first kappa shape index (κ1) is 9.24. The summed E-state index contributed by atoms with van der Waals surface area (Å²) in [6.07, 6.45) is 0. The molecule has 1 aromatic rings. The Hall–Kier alpha value is -1.85. The first-order valence-corrected chi connectivity index (χ1v) is 3.12. The maximum atomic E-state index is 12.9. The summed E-state index contributed by atoms with van der Waals surface area (Å²) in [6.45, 7) is 0. The summed E-state index contributed by atoms with van der Waals surface area (Å²) >= 11 is 0. The molecule has 13 heavy (non-hydrogen) atoms. The van der Waals surface area contributed by atoms with Crippen molar-refractivity contribution in [3.05, 3.63) is 34.2 Å². The fourth-order valence-corrected chi connectivity index (χ4v) is 0.808. The van der Waals surface area contributed by atoms with E-state index in [0.29, 0.717) is 6.07 Å². The Bertz CT molecular complexity index is 378. The van der Waals surface area contributed by atoms with Crippen molar-refractivity contribution >= 4 is 11.7 Å². The number of rotatable bonds is 2. The van der Waals surface area contributed by atoms with Gasteiger partial charge in [0, 0.05) is 0 Å². The smallest absolute Gasteiger partial charge is 0.341 e. The van der Waals surface area contributed by atoms with Gasteiger partial charge in [-0.25, -0.2) is 13.6 Å². The number of carbonyl (C=O) groups is 1. The van der Waals surface area contributed by atoms with Gasteiger partial charge in [-0.3, -0.25) is 0 Å². The molecule has 1 aromatic carbocycles. The molecule has 4 nitrogen and oxygen atoms in total. The highest BCUT2D eigenvalue weighted by Gasteiger charge is 2.19. The number of halogens is 2. The van der Waals surface area contributed by atoms with E-state index in [-0.39, 0.29) is 0 Å². The van der Waals surface area contributed by atoms with Gasteiger partial charge in [-0.1, -0.05) is 0 Å². The molecule has 0 bridgehead atoms. The van der Waals surface area contributed by atoms with Crippen molar-refractivity contribution in [3.8, 4) is 0 Å². The molecular weight excluding hydrogens is 184 g/mol. The van der Waals surface area contributed by atoms with Crippen LogP contribution in [0.15, 0.2) is 17.3 Å². The van der Waals surface area contributed by atoms with Gasteiger partial charge >= 0.3 is 5.97 Å². The zero-order valence-electron chi connectivity index (χ0n) is 6.12. The van der Waals surface area contributed by atoms with Crippen LogP contribution in [0.5, 0.6) is 0 Å². The van der Waals surface area contributed by atoms with Crippen LogP contribution in [0.2, 0.25) is 0 Å². The molecule has 0 spiro atoms. The van der Waals surface area contributed by atoms with E-state index in [1.807, 2.05) is 0 Å². The lowest BCUT2D eigenvalue weighted by Crippen LogP contribution is -2.04. The summed E-state index contributed by atoms with van der Waals surface area (Å²) in [5, 5.41) is 10.5. The average Bonchev–Trinajstić information content (AvgIpc) is 2.04. The zero-order chi connectivity index (χ0) is 10.0. The van der Waals surface area contributed by atoms with Crippen LogP contribution in [0.4, 0.5) is 14.5 Å². The lowest BCUT2D eigenvalue weighted by Gasteiger charge is -1.99. The van der Waals surface area contributed by atoms with Crippen LogP contribution in [0.1, 0.15) is 10.4 Å². The monoisotopic (exact) mass is 187 g/mol. The van der Waals surface area contributed by atoms with E-state index in [1.165, 1.54) is 0 Å². The standard InChI is InChI=1S/C7H3F2NO3/c8-3-1-2-4(10-13)6(9)5(3)7(11)12/h1-2H,(H,11,12). The van der Waals surface area contributed by atoms with Gasteiger partial charge in [0.15, 0.2) is 5.82 Å². The molecule has 0 saturated heterocycles. The molecule has 68 valence electrons. The van der Waals surface area contributed by atoms with Crippen molar-refractivity contribution in [2.45, 2.75) is 0 Å². The van der Waals surface area contributed by atoms with Gasteiger partial charge in [-0.05, 0) is 17.3 Å². The second-order valence-corrected chi connectivity index (χ2v) is 2.15. The number of nitroso groups, excluding NO2 is 1. The number of benzene rings is 1. The van der Waals surface area contributed by atoms with Crippen molar-refractivity contribution in [1.82, 2.24) is 0 Å². The summed E-state index contributed by atoms with van der Waals surface area (Å²) < 4.78 is 25.5. The van der Waals surface area contributed by atoms with Crippen molar-refractivity contribution < 1.29 is 18.7 Å². The van der Waals surface area contributed by atoms with Crippen molar-refractivity contribution in [1.29, 1.82) is 0 Å². The second-order valence-electron chi connectivity index (χ2n) is 2.15. The van der Waals surface area contributed by atoms with Crippen LogP contribution in [-0.4, -0.2) is 11.1 Å². The number of aromatic carboxylic acids is 1. The topological polar surface area (TPSA) is 66.7 Å². The van der Waals surface area contributed by atoms with Crippen molar-refractivity contribution in [2.24, 2.45) is 5.18 Å². The molecule has 0 radical (unpaired) electrons. The molecule has 0 aliphatic carbocycles. The molecule has 0 aromatic heterocycles. The van der Waals surface area contributed by atoms with Crippen LogP contribution in [0.25, 0.3) is 0 Å². The van der Waals surface area contributed by atoms with E-state index in [0.717, 1.165) is 6.07 Å². The Kier molecular flexibility index (Phi) is 2.32. The fraction of sp³-hybridized carbons (Fsp3) is 0. The first-order valence-electron chi connectivity index (χ1n) is 3.12. The predicted octanol–water partition coefficient (Wildman–Crippen LogP) is 2.06. The van der Waals surface area contributed by atoms with Crippen LogP contribution in [0, 0.1) is 16.5 Å². The van der Waals surface area contributed by atoms with E-state index in [1.54, 1.807) is 0 Å². The van der Waals surface area contributed by atoms with Gasteiger partial charge in [-0.2, -0.15) is 0 Å². The van der Waals surface area contributed by atoms with Crippen LogP contribution in [0.3, 0.4) is 0 Å². The maximum Gasteiger partial charge on any atom is 0.341 e. The van der Waals surface area contributed by atoms with Crippen molar-refractivity contribution in [3.63, 3.8) is 0 Å².